The molecule has 1 aromatic carbocycles. The number of cyclic esters (lactones) is 1. The molecular weight excluding hydrogens is 658 g/mol. The number of imide groups is 1. The van der Waals surface area contributed by atoms with Gasteiger partial charge in [0.1, 0.15) is 18.0 Å². The molecule has 1 aromatic heterocycles. The molecule has 3 heterocycles. The molecule has 0 saturated carbocycles. The first kappa shape index (κ1) is 38.6. The molecule has 50 heavy (non-hydrogen) atoms. The first-order chi connectivity index (χ1) is 23.7. The van der Waals surface area contributed by atoms with Gasteiger partial charge in [0.15, 0.2) is 0 Å². The summed E-state index contributed by atoms with van der Waals surface area (Å²) in [6.45, 7) is 13.2. The summed E-state index contributed by atoms with van der Waals surface area (Å²) >= 11 is 1.59. The van der Waals surface area contributed by atoms with Gasteiger partial charge < -0.3 is 19.9 Å². The average Bonchev–Trinajstić information content (AvgIpc) is 3.60. The topological polar surface area (TPSA) is 152 Å². The van der Waals surface area contributed by atoms with Gasteiger partial charge in [-0.2, -0.15) is 0 Å². The summed E-state index contributed by atoms with van der Waals surface area (Å²) in [4.78, 5) is 70.1. The largest absolute Gasteiger partial charge is 0.457 e. The zero-order chi connectivity index (χ0) is 36.6. The Morgan fingerprint density at radius 1 is 1.20 bits per heavy atom. The number of nitrogens with one attached hydrogen (secondary N) is 1. The lowest BCUT2D eigenvalue weighted by Gasteiger charge is -2.37. The number of ether oxygens (including phenoxy) is 2. The van der Waals surface area contributed by atoms with Crippen LogP contribution in [0.4, 0.5) is 4.79 Å². The van der Waals surface area contributed by atoms with Gasteiger partial charge in [0.2, 0.25) is 0 Å². The summed E-state index contributed by atoms with van der Waals surface area (Å²) in [6, 6.07) is 5.85. The fraction of sp³-hybridized carbons (Fsp3) is 0.526. The number of aliphatic hydroxyl groups is 1. The molecule has 5 atom stereocenters. The molecule has 11 nitrogen and oxygen atoms in total. The number of nitrogens with zero attached hydrogens (tertiary/aromatic N) is 2. The molecule has 2 aliphatic heterocycles. The zero-order valence-corrected chi connectivity index (χ0v) is 30.4. The second kappa shape index (κ2) is 17.2. The Morgan fingerprint density at radius 3 is 2.62 bits per heavy atom. The number of ketones is 1. The van der Waals surface area contributed by atoms with Crippen LogP contribution < -0.4 is 5.32 Å². The monoisotopic (exact) mass is 707 g/mol. The normalized spacial score (nSPS) is 25.4. The molecule has 0 spiro atoms. The van der Waals surface area contributed by atoms with E-state index >= 15 is 0 Å². The molecule has 4 rings (SSSR count). The van der Waals surface area contributed by atoms with Gasteiger partial charge in [-0.15, -0.1) is 17.9 Å². The molecule has 0 aliphatic carbocycles. The third kappa shape index (κ3) is 9.75. The zero-order valence-electron chi connectivity index (χ0n) is 29.6. The van der Waals surface area contributed by atoms with E-state index in [9.17, 15) is 29.1 Å². The van der Waals surface area contributed by atoms with E-state index in [1.807, 2.05) is 39.0 Å². The van der Waals surface area contributed by atoms with Crippen molar-refractivity contribution in [2.75, 3.05) is 13.1 Å². The summed E-state index contributed by atoms with van der Waals surface area (Å²) in [5.74, 6) is -2.86. The van der Waals surface area contributed by atoms with E-state index in [0.717, 1.165) is 44.1 Å². The number of allylic oxidation sites excluding steroid dienone is 2. The molecule has 2 aromatic rings. The molecule has 12 heteroatoms. The maximum atomic E-state index is 14.3. The van der Waals surface area contributed by atoms with Crippen molar-refractivity contribution in [3.63, 3.8) is 0 Å². The molecule has 0 bridgehead atoms. The van der Waals surface area contributed by atoms with Gasteiger partial charge in [-0.05, 0) is 69.6 Å². The first-order valence-corrected chi connectivity index (χ1v) is 18.1. The van der Waals surface area contributed by atoms with Crippen molar-refractivity contribution < 1.29 is 38.6 Å². The summed E-state index contributed by atoms with van der Waals surface area (Å²) in [6.07, 6.45) is 5.22. The second-order valence-electron chi connectivity index (χ2n) is 13.8. The fourth-order valence-corrected chi connectivity index (χ4v) is 7.27. The number of rotatable bonds is 8. The predicted molar refractivity (Wildman–Crippen MR) is 191 cm³/mol. The lowest BCUT2D eigenvalue weighted by Crippen LogP contribution is -2.48. The van der Waals surface area contributed by atoms with E-state index in [1.54, 1.807) is 31.3 Å². The summed E-state index contributed by atoms with van der Waals surface area (Å²) in [5, 5.41) is 15.0. The van der Waals surface area contributed by atoms with Crippen molar-refractivity contribution in [3.8, 4) is 0 Å². The number of thiazole rings is 1. The number of hydrogen-bond acceptors (Lipinski definition) is 10. The molecule has 2 aliphatic rings. The van der Waals surface area contributed by atoms with Crippen LogP contribution in [-0.4, -0.2) is 69.9 Å². The van der Waals surface area contributed by atoms with E-state index < -0.39 is 59.9 Å². The highest BCUT2D eigenvalue weighted by Gasteiger charge is 2.45. The van der Waals surface area contributed by atoms with E-state index in [2.05, 4.69) is 23.0 Å². The van der Waals surface area contributed by atoms with Gasteiger partial charge in [0.05, 0.1) is 39.1 Å². The SMILES string of the molecule is C=CC[C@H]1C(=O)C(C)(C)[C@@H](O)CC(=O)O[C@H](c2ccc3sc(C)nc3c2)CC=C(C)CCC[C@H](C)[C@@H]1OC(=O)NCCCN1C(=O)C=CC1=O. The van der Waals surface area contributed by atoms with Gasteiger partial charge in [-0.1, -0.05) is 44.6 Å². The van der Waals surface area contributed by atoms with Crippen LogP contribution in [0.3, 0.4) is 0 Å². The summed E-state index contributed by atoms with van der Waals surface area (Å²) in [5.41, 5.74) is 1.35. The molecule has 0 radical (unpaired) electrons. The first-order valence-electron chi connectivity index (χ1n) is 17.2. The number of carbonyl (C=O) groups is 5. The number of benzene rings is 1. The van der Waals surface area contributed by atoms with E-state index in [1.165, 1.54) is 12.2 Å². The fourth-order valence-electron chi connectivity index (χ4n) is 6.46. The number of fused-ring (bicyclic) bond motifs is 1. The number of Topliss-reactive ketones (excluding diaryl/α,β-unsaturated/α-hetero) is 1. The Labute approximate surface area is 297 Å². The molecule has 0 fully saturated rings. The Kier molecular flexibility index (Phi) is 13.3. The summed E-state index contributed by atoms with van der Waals surface area (Å²) in [7, 11) is 0. The van der Waals surface area contributed by atoms with Crippen LogP contribution in [0, 0.1) is 24.2 Å². The van der Waals surface area contributed by atoms with Gasteiger partial charge >= 0.3 is 12.1 Å². The van der Waals surface area contributed by atoms with Crippen LogP contribution in [-0.2, 0) is 28.7 Å². The number of hydrogen-bond donors (Lipinski definition) is 2. The highest BCUT2D eigenvalue weighted by atomic mass is 32.1. The number of aryl methyl sites for hydroxylation is 1. The van der Waals surface area contributed by atoms with Crippen molar-refractivity contribution in [2.45, 2.75) is 97.9 Å². The van der Waals surface area contributed by atoms with Crippen LogP contribution >= 0.6 is 11.3 Å². The Balaban J connectivity index is 1.53. The van der Waals surface area contributed by atoms with Gasteiger partial charge in [-0.3, -0.25) is 24.1 Å². The van der Waals surface area contributed by atoms with Crippen molar-refractivity contribution in [2.24, 2.45) is 17.3 Å². The van der Waals surface area contributed by atoms with E-state index in [4.69, 9.17) is 9.47 Å². The Morgan fingerprint density at radius 2 is 1.92 bits per heavy atom. The summed E-state index contributed by atoms with van der Waals surface area (Å²) < 4.78 is 13.0. The van der Waals surface area contributed by atoms with Crippen molar-refractivity contribution in [1.29, 1.82) is 0 Å². The standard InChI is InChI=1S/C38H49N3O8S/c1-7-10-27-35(49-37(47)39-19-9-20-41-32(43)17-18-33(41)44)24(3)12-8-11-23(2)13-15-29(26-14-16-30-28(21-26)40-25(4)50-30)48-34(45)22-31(42)38(5,6)36(27)46/h7,13-14,16-18,21,24,27,29,31,35,42H,1,8-12,15,19-20,22H2,2-6H3,(H,39,47)/t24-,27+,29-,31-,35-/m0/s1. The minimum atomic E-state index is -1.40. The van der Waals surface area contributed by atoms with Crippen LogP contribution in [0.25, 0.3) is 10.2 Å². The minimum absolute atomic E-state index is 0.144. The van der Waals surface area contributed by atoms with Gasteiger partial charge in [0, 0.05) is 31.7 Å². The third-order valence-electron chi connectivity index (χ3n) is 9.59. The molecule has 270 valence electrons. The van der Waals surface area contributed by atoms with Crippen LogP contribution in [0.1, 0.15) is 89.3 Å². The molecule has 3 amide bonds. The highest BCUT2D eigenvalue weighted by Crippen LogP contribution is 2.36. The van der Waals surface area contributed by atoms with Crippen molar-refractivity contribution >= 4 is 51.2 Å². The lowest BCUT2D eigenvalue weighted by molar-refractivity contribution is -0.156. The number of amides is 3. The van der Waals surface area contributed by atoms with E-state index in [-0.39, 0.29) is 31.2 Å². The number of esters is 1. The van der Waals surface area contributed by atoms with Gasteiger partial charge in [0.25, 0.3) is 11.8 Å². The number of alkyl carbamates (subject to hydrolysis) is 1. The molecule has 2 N–H and O–H groups in total. The average molecular weight is 708 g/mol. The smallest absolute Gasteiger partial charge is 0.407 e. The highest BCUT2D eigenvalue weighted by molar-refractivity contribution is 7.18. The van der Waals surface area contributed by atoms with Gasteiger partial charge in [-0.25, -0.2) is 9.78 Å². The van der Waals surface area contributed by atoms with Crippen LogP contribution in [0.15, 0.2) is 54.7 Å². The van der Waals surface area contributed by atoms with Crippen molar-refractivity contribution in [1.82, 2.24) is 15.2 Å². The Hall–Kier alpha value is -4.16. The van der Waals surface area contributed by atoms with Crippen LogP contribution in [0.5, 0.6) is 0 Å². The maximum absolute atomic E-state index is 14.3. The van der Waals surface area contributed by atoms with Crippen molar-refractivity contribution in [3.05, 3.63) is 65.2 Å². The van der Waals surface area contributed by atoms with E-state index in [0.29, 0.717) is 19.3 Å². The number of aromatic nitrogens is 1. The number of carbonyl (C=O) groups excluding carboxylic acids is 5. The molecule has 0 saturated heterocycles. The number of aliphatic hydroxyl groups excluding tert-OH is 1. The predicted octanol–water partition coefficient (Wildman–Crippen LogP) is 6.29. The third-order valence-corrected chi connectivity index (χ3v) is 10.5. The van der Waals surface area contributed by atoms with Crippen LogP contribution in [0.2, 0.25) is 0 Å². The Bertz CT molecular complexity index is 1640. The molecule has 0 unspecified atom stereocenters. The maximum Gasteiger partial charge on any atom is 0.407 e. The second-order valence-corrected chi connectivity index (χ2v) is 15.1. The minimum Gasteiger partial charge on any atom is -0.457 e. The molecular formula is C38H49N3O8S. The lowest BCUT2D eigenvalue weighted by atomic mass is 9.71. The quantitative estimate of drug-likeness (QED) is 0.140.